The second-order valence-corrected chi connectivity index (χ2v) is 12.4. The minimum Gasteiger partial charge on any atom is -0.459 e. The van der Waals surface area contributed by atoms with E-state index in [-0.39, 0.29) is 18.1 Å². The molecule has 2 aliphatic rings. The van der Waals surface area contributed by atoms with Crippen LogP contribution in [0.4, 0.5) is 0 Å². The quantitative estimate of drug-likeness (QED) is 0.500. The van der Waals surface area contributed by atoms with Crippen LogP contribution in [0.5, 0.6) is 0 Å². The molecule has 9 nitrogen and oxygen atoms in total. The number of hydrogen-bond acceptors (Lipinski definition) is 9. The van der Waals surface area contributed by atoms with Crippen LogP contribution in [0.25, 0.3) is 0 Å². The first kappa shape index (κ1) is 33.1. The van der Waals surface area contributed by atoms with Gasteiger partial charge in [0.1, 0.15) is 17.5 Å². The Balaban J connectivity index is 2.48. The predicted octanol–water partition coefficient (Wildman–Crippen LogP) is 3.66. The lowest BCUT2D eigenvalue weighted by atomic mass is 9.75. The van der Waals surface area contributed by atoms with Crippen molar-refractivity contribution in [3.63, 3.8) is 0 Å². The van der Waals surface area contributed by atoms with Crippen LogP contribution in [0.15, 0.2) is 0 Å². The molecular weight excluding hydrogens is 492 g/mol. The monoisotopic (exact) mass is 544 g/mol. The van der Waals surface area contributed by atoms with Gasteiger partial charge in [-0.25, -0.2) is 0 Å². The van der Waals surface area contributed by atoms with Gasteiger partial charge >= 0.3 is 5.97 Å². The summed E-state index contributed by atoms with van der Waals surface area (Å²) in [5.74, 6) is -2.89. The molecule has 2 fully saturated rings. The van der Waals surface area contributed by atoms with Gasteiger partial charge in [-0.1, -0.05) is 27.7 Å². The maximum atomic E-state index is 13.5. The second-order valence-electron chi connectivity index (χ2n) is 12.4. The summed E-state index contributed by atoms with van der Waals surface area (Å²) in [6.07, 6.45) is -1.15. The number of rotatable bonds is 5. The molecule has 222 valence electrons. The highest BCUT2D eigenvalue weighted by atomic mass is 16.7. The van der Waals surface area contributed by atoms with Crippen molar-refractivity contribution in [2.24, 2.45) is 23.7 Å². The summed E-state index contributed by atoms with van der Waals surface area (Å²) >= 11 is 0. The Bertz CT molecular complexity index is 801. The molecule has 38 heavy (non-hydrogen) atoms. The number of hydrogen-bond donors (Lipinski definition) is 2. The van der Waals surface area contributed by atoms with Crippen molar-refractivity contribution in [3.05, 3.63) is 0 Å². The summed E-state index contributed by atoms with van der Waals surface area (Å²) in [6.45, 7) is 14.8. The third-order valence-electron chi connectivity index (χ3n) is 9.03. The van der Waals surface area contributed by atoms with Crippen LogP contribution in [-0.4, -0.2) is 84.2 Å². The highest BCUT2D eigenvalue weighted by Gasteiger charge is 2.48. The number of ether oxygens (including phenoxy) is 5. The fourth-order valence-corrected chi connectivity index (χ4v) is 6.21. The molecule has 0 aliphatic carbocycles. The average Bonchev–Trinajstić information content (AvgIpc) is 2.87. The van der Waals surface area contributed by atoms with Crippen LogP contribution in [0.1, 0.15) is 87.5 Å². The van der Waals surface area contributed by atoms with Crippen LogP contribution in [0.3, 0.4) is 0 Å². The van der Waals surface area contributed by atoms with Crippen molar-refractivity contribution in [1.82, 2.24) is 0 Å². The lowest BCUT2D eigenvalue weighted by Crippen LogP contribution is -2.56. The Hall–Kier alpha value is -1.10. The van der Waals surface area contributed by atoms with Gasteiger partial charge in [0.25, 0.3) is 0 Å². The standard InChI is InChI=1S/C29H52O9/c1-11-21-29(8,33)25(31)19(4)23(30)17(2)14-28(7,35-10)15-18(3)24(20(5)26(32)37-21)38-22-16-27(6,34-9)12-13-36-22/h17-22,24-25,31,33H,11-16H2,1-10H3/t17-,18-,19+,20-,21-,22+,24+,25-,27+,28-,29-/m1/s1. The number of carbonyl (C=O) groups is 2. The molecular formula is C29H52O9. The summed E-state index contributed by atoms with van der Waals surface area (Å²) in [5.41, 5.74) is -2.92. The molecule has 2 saturated heterocycles. The smallest absolute Gasteiger partial charge is 0.311 e. The molecule has 0 aromatic carbocycles. The van der Waals surface area contributed by atoms with E-state index in [0.29, 0.717) is 25.9 Å². The van der Waals surface area contributed by atoms with Gasteiger partial charge in [0.05, 0.1) is 35.9 Å². The van der Waals surface area contributed by atoms with Gasteiger partial charge in [0.15, 0.2) is 6.29 Å². The fourth-order valence-electron chi connectivity index (χ4n) is 6.21. The molecule has 2 rings (SSSR count). The Kier molecular flexibility index (Phi) is 11.4. The molecule has 0 aromatic rings. The number of ketones is 1. The molecule has 0 spiro atoms. The topological polar surface area (TPSA) is 121 Å². The third kappa shape index (κ3) is 7.55. The maximum absolute atomic E-state index is 13.5. The zero-order valence-electron chi connectivity index (χ0n) is 25.1. The SMILES string of the molecule is CC[C@H]1OC(=O)[C@H](C)[C@@H](O[C@H]2C[C@@](C)(OC)CCO2)[C@H](C)C[C@](C)(OC)C[C@@H](C)C(=O)[C@H](C)[C@@H](O)[C@]1(C)O. The van der Waals surface area contributed by atoms with Crippen LogP contribution < -0.4 is 0 Å². The van der Waals surface area contributed by atoms with Crippen molar-refractivity contribution in [1.29, 1.82) is 0 Å². The van der Waals surface area contributed by atoms with Gasteiger partial charge < -0.3 is 33.9 Å². The van der Waals surface area contributed by atoms with Crippen molar-refractivity contribution in [3.8, 4) is 0 Å². The number of esters is 1. The average molecular weight is 545 g/mol. The first-order valence-corrected chi connectivity index (χ1v) is 14.1. The Morgan fingerprint density at radius 1 is 0.947 bits per heavy atom. The molecule has 2 heterocycles. The van der Waals surface area contributed by atoms with Crippen molar-refractivity contribution in [2.45, 2.75) is 129 Å². The van der Waals surface area contributed by atoms with Gasteiger partial charge in [-0.3, -0.25) is 9.59 Å². The second kappa shape index (κ2) is 13.0. The number of Topliss-reactive ketones (excluding diaryl/α,β-unsaturated/α-hetero) is 1. The number of methoxy groups -OCH3 is 2. The highest BCUT2D eigenvalue weighted by Crippen LogP contribution is 2.38. The summed E-state index contributed by atoms with van der Waals surface area (Å²) in [4.78, 5) is 26.8. The van der Waals surface area contributed by atoms with Crippen LogP contribution >= 0.6 is 0 Å². The molecule has 9 heteroatoms. The Morgan fingerprint density at radius 2 is 1.55 bits per heavy atom. The number of aliphatic hydroxyl groups excluding tert-OH is 1. The van der Waals surface area contributed by atoms with Gasteiger partial charge in [-0.05, 0) is 59.3 Å². The van der Waals surface area contributed by atoms with E-state index in [2.05, 4.69) is 0 Å². The molecule has 0 radical (unpaired) electrons. The van der Waals surface area contributed by atoms with Crippen LogP contribution in [0, 0.1) is 23.7 Å². The minimum absolute atomic E-state index is 0.171. The predicted molar refractivity (Wildman–Crippen MR) is 142 cm³/mol. The van der Waals surface area contributed by atoms with Gasteiger partial charge in [-0.15, -0.1) is 0 Å². The van der Waals surface area contributed by atoms with E-state index in [4.69, 9.17) is 23.7 Å². The third-order valence-corrected chi connectivity index (χ3v) is 9.03. The van der Waals surface area contributed by atoms with E-state index in [0.717, 1.165) is 6.42 Å². The molecule has 0 bridgehead atoms. The lowest BCUT2D eigenvalue weighted by molar-refractivity contribution is -0.248. The Labute approximate surface area is 228 Å². The number of cyclic esters (lactones) is 1. The summed E-state index contributed by atoms with van der Waals surface area (Å²) in [5, 5.41) is 22.4. The van der Waals surface area contributed by atoms with E-state index in [1.54, 1.807) is 35.0 Å². The van der Waals surface area contributed by atoms with Crippen LogP contribution in [-0.2, 0) is 33.3 Å². The normalized spacial score (nSPS) is 46.3. The molecule has 0 saturated carbocycles. The lowest BCUT2D eigenvalue weighted by Gasteiger charge is -2.43. The minimum atomic E-state index is -1.83. The number of aliphatic hydroxyl groups is 2. The van der Waals surface area contributed by atoms with Gasteiger partial charge in [-0.2, -0.15) is 0 Å². The zero-order valence-corrected chi connectivity index (χ0v) is 25.1. The fraction of sp³-hybridized carbons (Fsp3) is 0.931. The first-order chi connectivity index (χ1) is 17.5. The summed E-state index contributed by atoms with van der Waals surface area (Å²) in [6, 6.07) is 0. The molecule has 0 unspecified atom stereocenters. The van der Waals surface area contributed by atoms with Gasteiger partial charge in [0.2, 0.25) is 0 Å². The summed E-state index contributed by atoms with van der Waals surface area (Å²) in [7, 11) is 3.29. The molecule has 2 aliphatic heterocycles. The highest BCUT2D eigenvalue weighted by molar-refractivity contribution is 5.83. The van der Waals surface area contributed by atoms with E-state index in [9.17, 15) is 19.8 Å². The van der Waals surface area contributed by atoms with Crippen molar-refractivity contribution in [2.75, 3.05) is 20.8 Å². The molecule has 11 atom stereocenters. The van der Waals surface area contributed by atoms with E-state index >= 15 is 0 Å². The van der Waals surface area contributed by atoms with Crippen LogP contribution in [0.2, 0.25) is 0 Å². The maximum Gasteiger partial charge on any atom is 0.311 e. The molecule has 0 aromatic heterocycles. The van der Waals surface area contributed by atoms with E-state index in [1.807, 2.05) is 27.7 Å². The summed E-state index contributed by atoms with van der Waals surface area (Å²) < 4.78 is 29.9. The molecule has 2 N–H and O–H groups in total. The van der Waals surface area contributed by atoms with Crippen molar-refractivity contribution >= 4 is 11.8 Å². The van der Waals surface area contributed by atoms with Crippen molar-refractivity contribution < 1.29 is 43.5 Å². The molecule has 0 amide bonds. The number of carbonyl (C=O) groups excluding carboxylic acids is 2. The first-order valence-electron chi connectivity index (χ1n) is 14.1. The van der Waals surface area contributed by atoms with Gasteiger partial charge in [0, 0.05) is 32.5 Å². The zero-order chi connectivity index (χ0) is 29.1. The van der Waals surface area contributed by atoms with E-state index in [1.165, 1.54) is 6.92 Å². The largest absolute Gasteiger partial charge is 0.459 e. The van der Waals surface area contributed by atoms with E-state index < -0.39 is 65.1 Å². The Morgan fingerprint density at radius 3 is 2.11 bits per heavy atom.